The number of carbonyl (C=O) groups excluding carboxylic acids is 1. The fourth-order valence-electron chi connectivity index (χ4n) is 4.24. The van der Waals surface area contributed by atoms with Crippen LogP contribution >= 0.6 is 11.6 Å². The Kier molecular flexibility index (Phi) is 5.47. The molecule has 0 bridgehead atoms. The molecule has 3 aromatic rings. The maximum atomic E-state index is 13.2. The molecule has 1 saturated carbocycles. The molecule has 3 heteroatoms. The summed E-state index contributed by atoms with van der Waals surface area (Å²) < 4.78 is 0. The van der Waals surface area contributed by atoms with Gasteiger partial charge in [-0.2, -0.15) is 0 Å². The normalized spacial score (nSPS) is 17.0. The second-order valence-electron chi connectivity index (χ2n) is 7.80. The Labute approximate surface area is 177 Å². The Morgan fingerprint density at radius 2 is 1.41 bits per heavy atom. The van der Waals surface area contributed by atoms with Crippen molar-refractivity contribution in [2.24, 2.45) is 5.92 Å². The number of carbonyl (C=O) groups is 1. The third-order valence-corrected chi connectivity index (χ3v) is 6.49. The number of halogens is 1. The number of hydrogen-bond acceptors (Lipinski definition) is 1. The molecule has 1 amide bonds. The summed E-state index contributed by atoms with van der Waals surface area (Å²) in [5.41, 5.74) is 5.43. The first kappa shape index (κ1) is 19.7. The van der Waals surface area contributed by atoms with Crippen LogP contribution in [0.15, 0.2) is 72.8 Å². The predicted molar refractivity (Wildman–Crippen MR) is 121 cm³/mol. The van der Waals surface area contributed by atoms with Crippen LogP contribution in [0, 0.1) is 5.92 Å². The molecule has 1 atom stereocenters. The summed E-state index contributed by atoms with van der Waals surface area (Å²) in [5.74, 6) is -0.0871. The summed E-state index contributed by atoms with van der Waals surface area (Å²) in [5, 5.41) is 3.60. The fourth-order valence-corrected chi connectivity index (χ4v) is 4.43. The van der Waals surface area contributed by atoms with Crippen molar-refractivity contribution in [2.75, 3.05) is 5.32 Å². The lowest BCUT2D eigenvalue weighted by atomic mass is 9.84. The number of amides is 1. The fraction of sp³-hybridized carbons (Fsp3) is 0.269. The van der Waals surface area contributed by atoms with Crippen molar-refractivity contribution in [2.45, 2.75) is 38.5 Å². The molecule has 29 heavy (non-hydrogen) atoms. The van der Waals surface area contributed by atoms with Gasteiger partial charge in [0.1, 0.15) is 0 Å². The summed E-state index contributed by atoms with van der Waals surface area (Å²) in [4.78, 5) is 13.2. The van der Waals surface area contributed by atoms with Gasteiger partial charge in [-0.25, -0.2) is 0 Å². The van der Waals surface area contributed by atoms with Crippen LogP contribution < -0.4 is 5.32 Å². The molecule has 3 aromatic carbocycles. The molecule has 1 aliphatic rings. The van der Waals surface area contributed by atoms with Crippen molar-refractivity contribution in [3.8, 4) is 0 Å². The smallest absolute Gasteiger partial charge is 0.228 e. The molecule has 1 unspecified atom stereocenters. The number of benzene rings is 3. The van der Waals surface area contributed by atoms with E-state index in [2.05, 4.69) is 67.7 Å². The van der Waals surface area contributed by atoms with Gasteiger partial charge < -0.3 is 5.32 Å². The van der Waals surface area contributed by atoms with Crippen LogP contribution in [0.3, 0.4) is 0 Å². The van der Waals surface area contributed by atoms with E-state index >= 15 is 0 Å². The van der Waals surface area contributed by atoms with Gasteiger partial charge in [0.05, 0.1) is 16.6 Å². The Morgan fingerprint density at radius 3 is 1.90 bits per heavy atom. The minimum absolute atomic E-state index is 0.0252. The zero-order chi connectivity index (χ0) is 20.4. The minimum atomic E-state index is -0.274. The van der Waals surface area contributed by atoms with Crippen LogP contribution in [0.2, 0.25) is 5.02 Å². The van der Waals surface area contributed by atoms with Crippen LogP contribution in [0.5, 0.6) is 0 Å². The number of nitrogens with one attached hydrogen (secondary N) is 1. The van der Waals surface area contributed by atoms with Crippen molar-refractivity contribution >= 4 is 23.2 Å². The van der Waals surface area contributed by atoms with E-state index in [0.717, 1.165) is 19.3 Å². The van der Waals surface area contributed by atoms with E-state index in [4.69, 9.17) is 11.6 Å². The average molecular weight is 404 g/mol. The molecule has 0 spiro atoms. The molecule has 1 aliphatic carbocycles. The van der Waals surface area contributed by atoms with Crippen LogP contribution in [-0.2, 0) is 23.1 Å². The van der Waals surface area contributed by atoms with E-state index in [1.807, 2.05) is 18.2 Å². The SMILES string of the molecule is CCc1ccc(C2(c3ccc(CC)cc3)CC2C(=O)Nc2ccccc2Cl)cc1. The number of para-hydroxylation sites is 1. The molecule has 148 valence electrons. The van der Waals surface area contributed by atoms with Gasteiger partial charge in [-0.1, -0.05) is 86.1 Å². The molecule has 0 aliphatic heterocycles. The Hall–Kier alpha value is -2.58. The third kappa shape index (κ3) is 3.70. The van der Waals surface area contributed by atoms with Crippen LogP contribution in [0.4, 0.5) is 5.69 Å². The van der Waals surface area contributed by atoms with Crippen molar-refractivity contribution < 1.29 is 4.79 Å². The second kappa shape index (κ2) is 8.04. The Morgan fingerprint density at radius 1 is 0.897 bits per heavy atom. The Balaban J connectivity index is 1.68. The first-order valence-electron chi connectivity index (χ1n) is 10.3. The van der Waals surface area contributed by atoms with Gasteiger partial charge >= 0.3 is 0 Å². The van der Waals surface area contributed by atoms with Crippen molar-refractivity contribution in [3.05, 3.63) is 100 Å². The largest absolute Gasteiger partial charge is 0.324 e. The predicted octanol–water partition coefficient (Wildman–Crippen LogP) is 6.41. The summed E-state index contributed by atoms with van der Waals surface area (Å²) >= 11 is 6.25. The summed E-state index contributed by atoms with van der Waals surface area (Å²) in [6.45, 7) is 4.32. The van der Waals surface area contributed by atoms with Gasteiger partial charge in [0.2, 0.25) is 5.91 Å². The molecular formula is C26H26ClNO. The number of hydrogen-bond donors (Lipinski definition) is 1. The van der Waals surface area contributed by atoms with E-state index in [1.54, 1.807) is 6.07 Å². The highest BCUT2D eigenvalue weighted by Gasteiger charge is 2.60. The monoisotopic (exact) mass is 403 g/mol. The van der Waals surface area contributed by atoms with Gasteiger partial charge in [-0.3, -0.25) is 4.79 Å². The number of rotatable bonds is 6. The zero-order valence-corrected chi connectivity index (χ0v) is 17.7. The zero-order valence-electron chi connectivity index (χ0n) is 16.9. The van der Waals surface area contributed by atoms with E-state index < -0.39 is 0 Å². The number of aryl methyl sites for hydroxylation is 2. The molecular weight excluding hydrogens is 378 g/mol. The molecule has 0 aromatic heterocycles. The average Bonchev–Trinajstić information content (AvgIpc) is 3.52. The topological polar surface area (TPSA) is 29.1 Å². The molecule has 1 N–H and O–H groups in total. The quantitative estimate of drug-likeness (QED) is 0.506. The van der Waals surface area contributed by atoms with Crippen LogP contribution in [0.1, 0.15) is 42.5 Å². The molecule has 1 fully saturated rings. The second-order valence-corrected chi connectivity index (χ2v) is 8.21. The summed E-state index contributed by atoms with van der Waals surface area (Å²) in [6.07, 6.45) is 2.82. The van der Waals surface area contributed by atoms with Gasteiger partial charge in [-0.05, 0) is 53.6 Å². The van der Waals surface area contributed by atoms with Gasteiger partial charge in [0.25, 0.3) is 0 Å². The minimum Gasteiger partial charge on any atom is -0.324 e. The maximum Gasteiger partial charge on any atom is 0.228 e. The lowest BCUT2D eigenvalue weighted by Crippen LogP contribution is -2.22. The lowest BCUT2D eigenvalue weighted by Gasteiger charge is -2.20. The maximum absolute atomic E-state index is 13.2. The molecule has 2 nitrogen and oxygen atoms in total. The first-order chi connectivity index (χ1) is 14.1. The summed E-state index contributed by atoms with van der Waals surface area (Å²) in [6, 6.07) is 24.9. The molecule has 0 saturated heterocycles. The third-order valence-electron chi connectivity index (χ3n) is 6.16. The van der Waals surface area contributed by atoms with Crippen LogP contribution in [0.25, 0.3) is 0 Å². The van der Waals surface area contributed by atoms with Crippen LogP contribution in [-0.4, -0.2) is 5.91 Å². The van der Waals surface area contributed by atoms with Crippen molar-refractivity contribution in [1.82, 2.24) is 0 Å². The Bertz CT molecular complexity index is 960. The lowest BCUT2D eigenvalue weighted by molar-refractivity contribution is -0.117. The molecule has 0 heterocycles. The van der Waals surface area contributed by atoms with E-state index in [0.29, 0.717) is 10.7 Å². The van der Waals surface area contributed by atoms with Gasteiger partial charge in [-0.15, -0.1) is 0 Å². The summed E-state index contributed by atoms with van der Waals surface area (Å²) in [7, 11) is 0. The highest BCUT2D eigenvalue weighted by Crippen LogP contribution is 2.59. The number of anilines is 1. The molecule has 4 rings (SSSR count). The highest BCUT2D eigenvalue weighted by molar-refractivity contribution is 6.33. The van der Waals surface area contributed by atoms with Gasteiger partial charge in [0.15, 0.2) is 0 Å². The highest BCUT2D eigenvalue weighted by atomic mass is 35.5. The standard InChI is InChI=1S/C26H26ClNO/c1-3-18-9-13-20(14-10-18)26(21-15-11-19(4-2)12-16-21)17-22(26)25(29)28-24-8-6-5-7-23(24)27/h5-16,22H,3-4,17H2,1-2H3,(H,28,29). The van der Waals surface area contributed by atoms with Gasteiger partial charge in [0, 0.05) is 5.41 Å². The first-order valence-corrected chi connectivity index (χ1v) is 10.7. The van der Waals surface area contributed by atoms with E-state index in [1.165, 1.54) is 22.3 Å². The van der Waals surface area contributed by atoms with Crippen molar-refractivity contribution in [3.63, 3.8) is 0 Å². The van der Waals surface area contributed by atoms with Crippen molar-refractivity contribution in [1.29, 1.82) is 0 Å². The molecule has 0 radical (unpaired) electrons. The van der Waals surface area contributed by atoms with E-state index in [9.17, 15) is 4.79 Å². The van der Waals surface area contributed by atoms with E-state index in [-0.39, 0.29) is 17.2 Å².